The fraction of sp³-hybridized carbons (Fsp3) is 0.200. The number of methoxy groups -OCH3 is 1. The van der Waals surface area contributed by atoms with Crippen molar-refractivity contribution in [2.24, 2.45) is 0 Å². The molecule has 1 atom stereocenters. The van der Waals surface area contributed by atoms with Crippen LogP contribution >= 0.6 is 15.9 Å². The van der Waals surface area contributed by atoms with Gasteiger partial charge in [-0.2, -0.15) is 0 Å². The second kappa shape index (κ2) is 5.87. The van der Waals surface area contributed by atoms with Gasteiger partial charge in [0.25, 0.3) is 0 Å². The first kappa shape index (κ1) is 14.9. The summed E-state index contributed by atoms with van der Waals surface area (Å²) in [6.07, 6.45) is 0. The Morgan fingerprint density at radius 1 is 1.00 bits per heavy atom. The fourth-order valence-corrected chi connectivity index (χ4v) is 2.67. The fourth-order valence-electron chi connectivity index (χ4n) is 1.96. The zero-order valence-electron chi connectivity index (χ0n) is 10.9. The summed E-state index contributed by atoms with van der Waals surface area (Å²) in [6, 6.07) is 7.53. The highest BCUT2D eigenvalue weighted by molar-refractivity contribution is 9.09. The molecule has 1 unspecified atom stereocenters. The van der Waals surface area contributed by atoms with E-state index >= 15 is 0 Å². The predicted molar refractivity (Wildman–Crippen MR) is 74.8 cm³/mol. The SMILES string of the molecule is COc1ccc(C)cc1C(Br)c1ccc(F)c(F)c1F. The molecule has 0 radical (unpaired) electrons. The van der Waals surface area contributed by atoms with E-state index in [0.29, 0.717) is 11.3 Å². The third kappa shape index (κ3) is 2.68. The third-order valence-electron chi connectivity index (χ3n) is 3.00. The maximum absolute atomic E-state index is 13.8. The van der Waals surface area contributed by atoms with Crippen LogP contribution in [0, 0.1) is 24.4 Å². The Morgan fingerprint density at radius 3 is 2.35 bits per heavy atom. The van der Waals surface area contributed by atoms with Crippen LogP contribution in [0.4, 0.5) is 13.2 Å². The molecule has 0 heterocycles. The molecule has 0 bridgehead atoms. The number of hydrogen-bond acceptors (Lipinski definition) is 1. The van der Waals surface area contributed by atoms with Crippen molar-refractivity contribution in [3.63, 3.8) is 0 Å². The van der Waals surface area contributed by atoms with E-state index in [1.807, 2.05) is 13.0 Å². The molecule has 106 valence electrons. The smallest absolute Gasteiger partial charge is 0.194 e. The monoisotopic (exact) mass is 344 g/mol. The summed E-state index contributed by atoms with van der Waals surface area (Å²) in [5.41, 5.74) is 1.62. The number of alkyl halides is 1. The van der Waals surface area contributed by atoms with Crippen molar-refractivity contribution in [2.75, 3.05) is 7.11 Å². The summed E-state index contributed by atoms with van der Waals surface area (Å²) in [4.78, 5) is -0.632. The molecule has 0 aliphatic carbocycles. The van der Waals surface area contributed by atoms with E-state index in [1.165, 1.54) is 13.2 Å². The predicted octanol–water partition coefficient (Wildman–Crippen LogP) is 4.91. The third-order valence-corrected chi connectivity index (χ3v) is 3.98. The highest BCUT2D eigenvalue weighted by Crippen LogP contribution is 2.38. The van der Waals surface area contributed by atoms with Crippen LogP contribution in [-0.2, 0) is 0 Å². The molecule has 2 rings (SSSR count). The van der Waals surface area contributed by atoms with Gasteiger partial charge in [-0.15, -0.1) is 0 Å². The molecule has 0 aliphatic heterocycles. The van der Waals surface area contributed by atoms with E-state index in [9.17, 15) is 13.2 Å². The van der Waals surface area contributed by atoms with Gasteiger partial charge in [0, 0.05) is 11.1 Å². The lowest BCUT2D eigenvalue weighted by atomic mass is 10.0. The number of ether oxygens (including phenoxy) is 1. The molecule has 1 nitrogen and oxygen atoms in total. The van der Waals surface area contributed by atoms with Crippen molar-refractivity contribution in [2.45, 2.75) is 11.8 Å². The summed E-state index contributed by atoms with van der Waals surface area (Å²) < 4.78 is 45.4. The number of benzene rings is 2. The van der Waals surface area contributed by atoms with Crippen LogP contribution in [0.25, 0.3) is 0 Å². The van der Waals surface area contributed by atoms with Crippen molar-refractivity contribution < 1.29 is 17.9 Å². The summed E-state index contributed by atoms with van der Waals surface area (Å²) >= 11 is 3.32. The molecule has 0 N–H and O–H groups in total. The minimum absolute atomic E-state index is 0.0211. The molecular formula is C15H12BrF3O. The topological polar surface area (TPSA) is 9.23 Å². The summed E-state index contributed by atoms with van der Waals surface area (Å²) in [6.45, 7) is 1.88. The lowest BCUT2D eigenvalue weighted by Gasteiger charge is -2.16. The van der Waals surface area contributed by atoms with Crippen molar-refractivity contribution in [1.82, 2.24) is 0 Å². The Balaban J connectivity index is 2.54. The summed E-state index contributed by atoms with van der Waals surface area (Å²) in [5.74, 6) is -3.34. The summed E-state index contributed by atoms with van der Waals surface area (Å²) in [7, 11) is 1.50. The Kier molecular flexibility index (Phi) is 4.38. The standard InChI is InChI=1S/C15H12BrF3O/c1-8-3-6-12(20-2)10(7-8)13(16)9-4-5-11(17)15(19)14(9)18/h3-7,13H,1-2H3. The molecule has 0 aliphatic rings. The van der Waals surface area contributed by atoms with E-state index in [4.69, 9.17) is 4.74 Å². The van der Waals surface area contributed by atoms with Gasteiger partial charge in [0.05, 0.1) is 11.9 Å². The van der Waals surface area contributed by atoms with Gasteiger partial charge in [0.2, 0.25) is 0 Å². The number of halogens is 4. The Bertz CT molecular complexity index is 643. The zero-order valence-corrected chi connectivity index (χ0v) is 12.5. The van der Waals surface area contributed by atoms with Gasteiger partial charge >= 0.3 is 0 Å². The van der Waals surface area contributed by atoms with Crippen molar-refractivity contribution in [3.8, 4) is 5.75 Å². The van der Waals surface area contributed by atoms with Crippen LogP contribution in [0.15, 0.2) is 30.3 Å². The lowest BCUT2D eigenvalue weighted by molar-refractivity contribution is 0.409. The molecule has 0 amide bonds. The minimum Gasteiger partial charge on any atom is -0.496 e. The van der Waals surface area contributed by atoms with Crippen LogP contribution < -0.4 is 4.74 Å². The largest absolute Gasteiger partial charge is 0.496 e. The molecule has 2 aromatic rings. The summed E-state index contributed by atoms with van der Waals surface area (Å²) in [5, 5.41) is 0. The molecule has 5 heteroatoms. The number of rotatable bonds is 3. The van der Waals surface area contributed by atoms with Gasteiger partial charge in [-0.3, -0.25) is 0 Å². The van der Waals surface area contributed by atoms with Crippen LogP contribution in [0.1, 0.15) is 21.5 Å². The van der Waals surface area contributed by atoms with Gasteiger partial charge < -0.3 is 4.74 Å². The minimum atomic E-state index is -1.47. The molecule has 0 aromatic heterocycles. The molecule has 0 spiro atoms. The normalized spacial score (nSPS) is 12.3. The second-order valence-electron chi connectivity index (χ2n) is 4.37. The number of aryl methyl sites for hydroxylation is 1. The van der Waals surface area contributed by atoms with Gasteiger partial charge in [0.15, 0.2) is 17.5 Å². The Morgan fingerprint density at radius 2 is 1.70 bits per heavy atom. The van der Waals surface area contributed by atoms with Gasteiger partial charge in [-0.05, 0) is 19.1 Å². The molecule has 0 fully saturated rings. The van der Waals surface area contributed by atoms with Crippen LogP contribution in [0.2, 0.25) is 0 Å². The molecule has 2 aromatic carbocycles. The van der Waals surface area contributed by atoms with Crippen LogP contribution in [0.5, 0.6) is 5.75 Å². The average Bonchev–Trinajstić information content (AvgIpc) is 2.44. The van der Waals surface area contributed by atoms with Crippen LogP contribution in [-0.4, -0.2) is 7.11 Å². The van der Waals surface area contributed by atoms with E-state index < -0.39 is 22.3 Å². The quantitative estimate of drug-likeness (QED) is 0.568. The Hall–Kier alpha value is -1.49. The van der Waals surface area contributed by atoms with Crippen LogP contribution in [0.3, 0.4) is 0 Å². The van der Waals surface area contributed by atoms with Gasteiger partial charge in [-0.1, -0.05) is 39.7 Å². The first-order valence-electron chi connectivity index (χ1n) is 5.87. The average molecular weight is 345 g/mol. The van der Waals surface area contributed by atoms with E-state index in [2.05, 4.69) is 15.9 Å². The first-order chi connectivity index (χ1) is 9.45. The Labute approximate surface area is 123 Å². The van der Waals surface area contributed by atoms with E-state index in [0.717, 1.165) is 11.6 Å². The molecule has 0 saturated carbocycles. The van der Waals surface area contributed by atoms with E-state index in [-0.39, 0.29) is 5.56 Å². The number of hydrogen-bond donors (Lipinski definition) is 0. The lowest BCUT2D eigenvalue weighted by Crippen LogP contribution is -2.03. The maximum Gasteiger partial charge on any atom is 0.194 e. The highest BCUT2D eigenvalue weighted by Gasteiger charge is 2.22. The van der Waals surface area contributed by atoms with Gasteiger partial charge in [-0.25, -0.2) is 13.2 Å². The first-order valence-corrected chi connectivity index (χ1v) is 6.79. The molecule has 20 heavy (non-hydrogen) atoms. The second-order valence-corrected chi connectivity index (χ2v) is 5.29. The van der Waals surface area contributed by atoms with Crippen molar-refractivity contribution in [1.29, 1.82) is 0 Å². The molecular weight excluding hydrogens is 333 g/mol. The van der Waals surface area contributed by atoms with Gasteiger partial charge in [0.1, 0.15) is 5.75 Å². The van der Waals surface area contributed by atoms with Crippen molar-refractivity contribution in [3.05, 3.63) is 64.5 Å². The van der Waals surface area contributed by atoms with E-state index in [1.54, 1.807) is 12.1 Å². The molecule has 0 saturated heterocycles. The highest BCUT2D eigenvalue weighted by atomic mass is 79.9. The zero-order chi connectivity index (χ0) is 14.9. The van der Waals surface area contributed by atoms with Crippen molar-refractivity contribution >= 4 is 15.9 Å². The maximum atomic E-state index is 13.8.